The van der Waals surface area contributed by atoms with E-state index in [1.165, 1.54) is 0 Å². The number of aliphatic hydroxyl groups excluding tert-OH is 1. The first-order chi connectivity index (χ1) is 14.5. The first-order valence-corrected chi connectivity index (χ1v) is 9.87. The fraction of sp³-hybridized carbons (Fsp3) is 0.136. The number of carboxylic acid groups (broad SMARTS) is 1. The van der Waals surface area contributed by atoms with E-state index in [-0.39, 0.29) is 17.9 Å². The van der Waals surface area contributed by atoms with Gasteiger partial charge >= 0.3 is 5.97 Å². The summed E-state index contributed by atoms with van der Waals surface area (Å²) < 4.78 is 10.3. The largest absolute Gasteiger partial charge is 0.546 e. The first-order valence-electron chi connectivity index (χ1n) is 9.05. The van der Waals surface area contributed by atoms with Gasteiger partial charge in [-0.2, -0.15) is 0 Å². The van der Waals surface area contributed by atoms with E-state index in [1.807, 2.05) is 18.2 Å². The van der Waals surface area contributed by atoms with Crippen LogP contribution in [0.15, 0.2) is 75.8 Å². The zero-order chi connectivity index (χ0) is 21.5. The molecular weight excluding hydrogens is 406 g/mol. The molecular formula is C22H18NO6S-. The first kappa shape index (κ1) is 21.2. The Bertz CT molecular complexity index is 1040. The van der Waals surface area contributed by atoms with Crippen LogP contribution in [0.4, 0.5) is 5.69 Å². The van der Waals surface area contributed by atoms with Crippen LogP contribution < -0.4 is 9.84 Å². The van der Waals surface area contributed by atoms with Gasteiger partial charge < -0.3 is 24.5 Å². The molecule has 7 nitrogen and oxygen atoms in total. The molecule has 0 aliphatic carbocycles. The summed E-state index contributed by atoms with van der Waals surface area (Å²) in [7, 11) is 0. The molecule has 3 rings (SSSR count). The number of aliphatic hydroxyl groups is 1. The summed E-state index contributed by atoms with van der Waals surface area (Å²) in [5.74, 6) is -1.99. The van der Waals surface area contributed by atoms with Crippen LogP contribution >= 0.6 is 11.8 Å². The van der Waals surface area contributed by atoms with E-state index in [0.717, 1.165) is 11.8 Å². The number of aliphatic imine (C=N–C) groups is 1. The van der Waals surface area contributed by atoms with Crippen LogP contribution in [-0.2, 0) is 14.3 Å². The number of benzene rings is 2. The molecule has 1 heterocycles. The molecule has 1 aliphatic rings. The van der Waals surface area contributed by atoms with Gasteiger partial charge in [-0.15, -0.1) is 0 Å². The number of hydrogen-bond acceptors (Lipinski definition) is 8. The summed E-state index contributed by atoms with van der Waals surface area (Å²) in [5.41, 5.74) is 1.12. The van der Waals surface area contributed by atoms with Crippen LogP contribution in [0.5, 0.6) is 5.75 Å². The van der Waals surface area contributed by atoms with Gasteiger partial charge in [-0.05, 0) is 31.2 Å². The summed E-state index contributed by atoms with van der Waals surface area (Å²) >= 11 is 1.11. The maximum atomic E-state index is 12.4. The Morgan fingerprint density at radius 3 is 2.53 bits per heavy atom. The van der Waals surface area contributed by atoms with Gasteiger partial charge in [-0.1, -0.05) is 48.2 Å². The fourth-order valence-corrected chi connectivity index (χ4v) is 3.65. The summed E-state index contributed by atoms with van der Waals surface area (Å²) in [6.07, 6.45) is 1.59. The molecule has 0 saturated carbocycles. The van der Waals surface area contributed by atoms with Crippen LogP contribution in [0.3, 0.4) is 0 Å². The number of hydrogen-bond donors (Lipinski definition) is 1. The third kappa shape index (κ3) is 5.09. The molecule has 0 radical (unpaired) electrons. The van der Waals surface area contributed by atoms with Crippen molar-refractivity contribution >= 4 is 40.5 Å². The van der Waals surface area contributed by atoms with Crippen molar-refractivity contribution in [2.24, 2.45) is 4.99 Å². The van der Waals surface area contributed by atoms with Crippen molar-refractivity contribution in [3.05, 3.63) is 76.4 Å². The third-order valence-corrected chi connectivity index (χ3v) is 4.93. The standard InChI is InChI=1S/C22H19NO6S/c1-2-28-22(27)19-20(26)17(30-21(19)23-15-9-4-3-5-10-15)12-14-8-6-7-11-16(14)29-13-18(24)25/h3-12,26H,2,13H2,1H3,(H,24,25)/p-1/b17-12-,23-21?. The van der Waals surface area contributed by atoms with Crippen molar-refractivity contribution in [2.45, 2.75) is 6.92 Å². The topological polar surface area (TPSA) is 108 Å². The lowest BCUT2D eigenvalue weighted by Gasteiger charge is -2.10. The van der Waals surface area contributed by atoms with Crippen molar-refractivity contribution in [1.82, 2.24) is 0 Å². The highest BCUT2D eigenvalue weighted by Gasteiger charge is 2.33. The molecule has 0 atom stereocenters. The molecule has 2 aromatic rings. The smallest absolute Gasteiger partial charge is 0.344 e. The number of para-hydroxylation sites is 2. The molecule has 8 heteroatoms. The number of esters is 1. The Kier molecular flexibility index (Phi) is 6.92. The van der Waals surface area contributed by atoms with Crippen molar-refractivity contribution in [3.63, 3.8) is 0 Å². The Morgan fingerprint density at radius 2 is 1.83 bits per heavy atom. The monoisotopic (exact) mass is 424 g/mol. The second-order valence-electron chi connectivity index (χ2n) is 6.01. The predicted molar refractivity (Wildman–Crippen MR) is 112 cm³/mol. The second kappa shape index (κ2) is 9.80. The molecule has 0 fully saturated rings. The third-order valence-electron chi connectivity index (χ3n) is 3.91. The lowest BCUT2D eigenvalue weighted by Crippen LogP contribution is -2.29. The Morgan fingerprint density at radius 1 is 1.13 bits per heavy atom. The quantitative estimate of drug-likeness (QED) is 0.681. The van der Waals surface area contributed by atoms with Crippen LogP contribution in [0, 0.1) is 0 Å². The number of aliphatic carboxylic acids is 1. The lowest BCUT2D eigenvalue weighted by atomic mass is 10.1. The molecule has 0 spiro atoms. The zero-order valence-corrected chi connectivity index (χ0v) is 16.8. The van der Waals surface area contributed by atoms with Crippen molar-refractivity contribution in [1.29, 1.82) is 0 Å². The highest BCUT2D eigenvalue weighted by atomic mass is 32.2. The highest BCUT2D eigenvalue weighted by molar-refractivity contribution is 8.18. The Labute approximate surface area is 177 Å². The SMILES string of the molecule is CCOC(=O)C1=C(O)/C(=C/c2ccccc2OCC(=O)[O-])SC1=Nc1ccccc1. The van der Waals surface area contributed by atoms with E-state index < -0.39 is 18.5 Å². The molecule has 0 unspecified atom stereocenters. The van der Waals surface area contributed by atoms with Gasteiger partial charge in [0.1, 0.15) is 28.7 Å². The minimum atomic E-state index is -1.35. The minimum Gasteiger partial charge on any atom is -0.546 e. The molecule has 0 aromatic heterocycles. The summed E-state index contributed by atoms with van der Waals surface area (Å²) in [5, 5.41) is 21.7. The molecule has 30 heavy (non-hydrogen) atoms. The van der Waals surface area contributed by atoms with Crippen LogP contribution in [0.25, 0.3) is 6.08 Å². The van der Waals surface area contributed by atoms with Crippen LogP contribution in [0.2, 0.25) is 0 Å². The van der Waals surface area contributed by atoms with E-state index in [1.54, 1.807) is 49.4 Å². The molecule has 1 N–H and O–H groups in total. The fourth-order valence-electron chi connectivity index (χ4n) is 2.62. The molecule has 2 aromatic carbocycles. The number of nitrogens with zero attached hydrogens (tertiary/aromatic N) is 1. The van der Waals surface area contributed by atoms with Gasteiger partial charge in [0.05, 0.1) is 23.2 Å². The van der Waals surface area contributed by atoms with Gasteiger partial charge in [0.25, 0.3) is 0 Å². The zero-order valence-electron chi connectivity index (χ0n) is 16.0. The summed E-state index contributed by atoms with van der Waals surface area (Å²) in [6.45, 7) is 1.22. The maximum absolute atomic E-state index is 12.4. The Hall–Kier alpha value is -3.52. The van der Waals surface area contributed by atoms with Gasteiger partial charge in [0.2, 0.25) is 0 Å². The molecule has 154 valence electrons. The number of carbonyl (C=O) groups excluding carboxylic acids is 2. The van der Waals surface area contributed by atoms with E-state index in [0.29, 0.717) is 26.9 Å². The van der Waals surface area contributed by atoms with Crippen molar-refractivity contribution < 1.29 is 29.3 Å². The van der Waals surface area contributed by atoms with Crippen LogP contribution in [0.1, 0.15) is 12.5 Å². The summed E-state index contributed by atoms with van der Waals surface area (Å²) in [6, 6.07) is 15.8. The normalized spacial score (nSPS) is 16.2. The van der Waals surface area contributed by atoms with E-state index in [4.69, 9.17) is 9.47 Å². The van der Waals surface area contributed by atoms with Crippen molar-refractivity contribution in [2.75, 3.05) is 13.2 Å². The Balaban J connectivity index is 2.01. The highest BCUT2D eigenvalue weighted by Crippen LogP contribution is 2.41. The van der Waals surface area contributed by atoms with Gasteiger partial charge in [-0.3, -0.25) is 0 Å². The molecule has 1 aliphatic heterocycles. The molecule has 0 bridgehead atoms. The van der Waals surface area contributed by atoms with Crippen LogP contribution in [-0.4, -0.2) is 35.3 Å². The number of carbonyl (C=O) groups is 2. The van der Waals surface area contributed by atoms with E-state index in [9.17, 15) is 19.8 Å². The number of rotatable bonds is 7. The maximum Gasteiger partial charge on any atom is 0.344 e. The number of carboxylic acids is 1. The van der Waals surface area contributed by atoms with Gasteiger partial charge in [0, 0.05) is 5.56 Å². The number of ether oxygens (including phenoxy) is 2. The molecule has 0 amide bonds. The average Bonchev–Trinajstić information content (AvgIpc) is 3.03. The van der Waals surface area contributed by atoms with E-state index >= 15 is 0 Å². The average molecular weight is 424 g/mol. The van der Waals surface area contributed by atoms with Gasteiger partial charge in [-0.25, -0.2) is 9.79 Å². The lowest BCUT2D eigenvalue weighted by molar-refractivity contribution is -0.307. The summed E-state index contributed by atoms with van der Waals surface area (Å²) in [4.78, 5) is 28.0. The van der Waals surface area contributed by atoms with E-state index in [2.05, 4.69) is 4.99 Å². The number of thioether (sulfide) groups is 1. The second-order valence-corrected chi connectivity index (χ2v) is 7.04. The minimum absolute atomic E-state index is 0.0231. The predicted octanol–water partition coefficient (Wildman–Crippen LogP) is 3.01. The van der Waals surface area contributed by atoms with Gasteiger partial charge in [0.15, 0.2) is 0 Å². The molecule has 0 saturated heterocycles. The van der Waals surface area contributed by atoms with Crippen molar-refractivity contribution in [3.8, 4) is 5.75 Å².